The van der Waals surface area contributed by atoms with Gasteiger partial charge in [0.2, 0.25) is 0 Å². The summed E-state index contributed by atoms with van der Waals surface area (Å²) in [4.78, 5) is 4.39. The van der Waals surface area contributed by atoms with Gasteiger partial charge >= 0.3 is 0 Å². The molecule has 20 heavy (non-hydrogen) atoms. The fourth-order valence-corrected chi connectivity index (χ4v) is 4.47. The molecular weight excluding hydrogens is 392 g/mol. The smallest absolute Gasteiger partial charge is 0.128 e. The molecule has 0 radical (unpaired) electrons. The Morgan fingerprint density at radius 3 is 2.60 bits per heavy atom. The lowest BCUT2D eigenvalue weighted by Crippen LogP contribution is -2.54. The van der Waals surface area contributed by atoms with Crippen molar-refractivity contribution in [2.45, 2.75) is 31.1 Å². The summed E-state index contributed by atoms with van der Waals surface area (Å²) >= 11 is 2.08. The third kappa shape index (κ3) is 2.34. The van der Waals surface area contributed by atoms with Crippen LogP contribution in [0.25, 0.3) is 0 Å². The molecule has 1 aromatic rings. The minimum Gasteiger partial charge on any atom is -0.386 e. The van der Waals surface area contributed by atoms with Crippen LogP contribution in [-0.2, 0) is 15.3 Å². The molecule has 0 fully saturated rings. The van der Waals surface area contributed by atoms with Crippen LogP contribution < -0.4 is 5.73 Å². The number of nitrogens with two attached hydrogens (primary N) is 1. The van der Waals surface area contributed by atoms with Crippen LogP contribution in [0.15, 0.2) is 23.2 Å². The highest BCUT2D eigenvalue weighted by Crippen LogP contribution is 2.38. The summed E-state index contributed by atoms with van der Waals surface area (Å²) < 4.78 is 34.7. The molecule has 1 aliphatic heterocycles. The summed E-state index contributed by atoms with van der Waals surface area (Å²) in [5.74, 6) is -0.311. The lowest BCUT2D eigenvalue weighted by atomic mass is 9.93. The first-order valence-corrected chi connectivity index (χ1v) is 8.87. The van der Waals surface area contributed by atoms with Crippen LogP contribution in [0.3, 0.4) is 0 Å². The molecule has 0 saturated carbocycles. The summed E-state index contributed by atoms with van der Waals surface area (Å²) in [6.45, 7) is 4.97. The number of hydrogen-bond donors (Lipinski definition) is 2. The average molecular weight is 409 g/mol. The molecule has 1 heterocycles. The van der Waals surface area contributed by atoms with E-state index in [4.69, 9.17) is 10.5 Å². The second-order valence-electron chi connectivity index (χ2n) is 5.72. The molecule has 1 unspecified atom stereocenters. The van der Waals surface area contributed by atoms with E-state index < -0.39 is 25.8 Å². The fraction of sp³-hybridized carbons (Fsp3) is 0.462. The summed E-state index contributed by atoms with van der Waals surface area (Å²) in [7, 11) is -3.02. The van der Waals surface area contributed by atoms with Crippen LogP contribution in [0.4, 0.5) is 4.39 Å². The number of benzene rings is 1. The van der Waals surface area contributed by atoms with Gasteiger partial charge in [-0.15, -0.1) is 0 Å². The van der Waals surface area contributed by atoms with Gasteiger partial charge in [0.15, 0.2) is 0 Å². The zero-order valence-corrected chi connectivity index (χ0v) is 14.5. The van der Waals surface area contributed by atoms with Gasteiger partial charge in [-0.1, -0.05) is 0 Å². The maximum atomic E-state index is 14.1. The minimum atomic E-state index is -3.02. The topological polar surface area (TPSA) is 79.3 Å². The monoisotopic (exact) mass is 409 g/mol. The van der Waals surface area contributed by atoms with Crippen molar-refractivity contribution in [3.8, 4) is 0 Å². The standard InChI is InChI=1S/C13H17FIN3OS/c1-12(2)11(16)18-13(3,7-20(12,17)19)9-6-8(15)4-5-10(9)14/h4-6,17H,7H2,1-3H3,(H2,16,18)/t13-,20?/m0/s1. The van der Waals surface area contributed by atoms with E-state index in [0.29, 0.717) is 5.56 Å². The minimum absolute atomic E-state index is 0.0370. The molecular formula is C13H17FIN3OS. The van der Waals surface area contributed by atoms with Crippen molar-refractivity contribution in [3.05, 3.63) is 33.1 Å². The van der Waals surface area contributed by atoms with Crippen molar-refractivity contribution in [2.24, 2.45) is 10.7 Å². The largest absolute Gasteiger partial charge is 0.386 e. The normalized spacial score (nSPS) is 32.8. The fourth-order valence-electron chi connectivity index (χ4n) is 2.23. The number of hydrogen-bond acceptors (Lipinski definition) is 4. The van der Waals surface area contributed by atoms with E-state index >= 15 is 0 Å². The number of halogens is 2. The number of nitrogens with one attached hydrogen (secondary N) is 1. The molecule has 0 spiro atoms. The Balaban J connectivity index is 2.69. The molecule has 1 aromatic carbocycles. The molecule has 110 valence electrons. The molecule has 0 aromatic heterocycles. The quantitative estimate of drug-likeness (QED) is 0.700. The van der Waals surface area contributed by atoms with E-state index in [9.17, 15) is 8.60 Å². The Morgan fingerprint density at radius 1 is 1.45 bits per heavy atom. The Labute approximate surface area is 132 Å². The van der Waals surface area contributed by atoms with E-state index in [-0.39, 0.29) is 11.6 Å². The highest BCUT2D eigenvalue weighted by Gasteiger charge is 2.47. The van der Waals surface area contributed by atoms with E-state index in [1.165, 1.54) is 6.07 Å². The van der Waals surface area contributed by atoms with Gasteiger partial charge in [0.1, 0.15) is 21.9 Å². The summed E-state index contributed by atoms with van der Waals surface area (Å²) in [6, 6.07) is 4.68. The van der Waals surface area contributed by atoms with Crippen LogP contribution in [0.2, 0.25) is 0 Å². The van der Waals surface area contributed by atoms with Crippen molar-refractivity contribution in [1.82, 2.24) is 0 Å². The van der Waals surface area contributed by atoms with Crippen LogP contribution in [0.1, 0.15) is 26.3 Å². The second-order valence-corrected chi connectivity index (χ2v) is 9.63. The third-order valence-electron chi connectivity index (χ3n) is 3.80. The second kappa shape index (κ2) is 4.66. The van der Waals surface area contributed by atoms with Crippen molar-refractivity contribution < 1.29 is 8.60 Å². The van der Waals surface area contributed by atoms with Gasteiger partial charge in [0.05, 0.1) is 15.5 Å². The predicted octanol–water partition coefficient (Wildman–Crippen LogP) is 2.84. The molecule has 0 amide bonds. The highest BCUT2D eigenvalue weighted by molar-refractivity contribution is 14.1. The van der Waals surface area contributed by atoms with Crippen molar-refractivity contribution in [3.63, 3.8) is 0 Å². The Hall–Kier alpha value is -0.700. The van der Waals surface area contributed by atoms with Gasteiger partial charge in [0.25, 0.3) is 0 Å². The lowest BCUT2D eigenvalue weighted by Gasteiger charge is -2.39. The summed E-state index contributed by atoms with van der Waals surface area (Å²) in [5, 5.41) is 0. The third-order valence-corrected chi connectivity index (χ3v) is 7.30. The maximum Gasteiger partial charge on any atom is 0.128 e. The first-order chi connectivity index (χ1) is 8.99. The lowest BCUT2D eigenvalue weighted by molar-refractivity contribution is 0.490. The van der Waals surface area contributed by atoms with Crippen LogP contribution in [0, 0.1) is 14.2 Å². The number of nitrogens with zero attached hydrogens (tertiary/aromatic N) is 1. The predicted molar refractivity (Wildman–Crippen MR) is 87.9 cm³/mol. The van der Waals surface area contributed by atoms with Crippen LogP contribution in [0.5, 0.6) is 0 Å². The van der Waals surface area contributed by atoms with Crippen LogP contribution in [-0.4, -0.2) is 20.5 Å². The highest BCUT2D eigenvalue weighted by atomic mass is 127. The molecule has 0 bridgehead atoms. The molecule has 7 heteroatoms. The Morgan fingerprint density at radius 2 is 2.05 bits per heavy atom. The van der Waals surface area contributed by atoms with Gasteiger partial charge in [0, 0.05) is 9.13 Å². The molecule has 2 atom stereocenters. The number of amidine groups is 1. The van der Waals surface area contributed by atoms with Gasteiger partial charge in [-0.25, -0.2) is 8.60 Å². The number of rotatable bonds is 1. The molecule has 0 saturated heterocycles. The SMILES string of the molecule is CC1(C)C(N)=N[C@](C)(c2cc(I)ccc2F)CS1(=N)=O. The Kier molecular flexibility index (Phi) is 3.65. The van der Waals surface area contributed by atoms with Gasteiger partial charge in [-0.3, -0.25) is 9.77 Å². The first-order valence-electron chi connectivity index (χ1n) is 6.07. The number of aliphatic imine (C=N–C) groups is 1. The van der Waals surface area contributed by atoms with E-state index in [0.717, 1.165) is 3.57 Å². The van der Waals surface area contributed by atoms with E-state index in [2.05, 4.69) is 27.6 Å². The summed E-state index contributed by atoms with van der Waals surface area (Å²) in [6.07, 6.45) is 0. The zero-order chi connectivity index (χ0) is 15.3. The summed E-state index contributed by atoms with van der Waals surface area (Å²) in [5.41, 5.74) is 5.19. The van der Waals surface area contributed by atoms with Crippen molar-refractivity contribution >= 4 is 38.2 Å². The van der Waals surface area contributed by atoms with E-state index in [1.807, 2.05) is 0 Å². The van der Waals surface area contributed by atoms with E-state index in [1.54, 1.807) is 32.9 Å². The van der Waals surface area contributed by atoms with Gasteiger partial charge in [-0.05, 0) is 61.6 Å². The molecule has 0 aliphatic carbocycles. The first kappa shape index (κ1) is 15.7. The molecule has 1 aliphatic rings. The zero-order valence-electron chi connectivity index (χ0n) is 11.5. The van der Waals surface area contributed by atoms with Gasteiger partial charge < -0.3 is 5.73 Å². The molecule has 3 N–H and O–H groups in total. The average Bonchev–Trinajstić information content (AvgIpc) is 2.29. The van der Waals surface area contributed by atoms with Crippen molar-refractivity contribution in [2.75, 3.05) is 5.75 Å². The molecule has 4 nitrogen and oxygen atoms in total. The van der Waals surface area contributed by atoms with Gasteiger partial charge in [-0.2, -0.15) is 0 Å². The molecule has 2 rings (SSSR count). The maximum absolute atomic E-state index is 14.1. The van der Waals surface area contributed by atoms with Crippen LogP contribution >= 0.6 is 22.6 Å². The Bertz CT molecular complexity index is 700. The van der Waals surface area contributed by atoms with Crippen molar-refractivity contribution in [1.29, 1.82) is 4.78 Å².